The van der Waals surface area contributed by atoms with Gasteiger partial charge in [-0.15, -0.1) is 11.8 Å². The molecule has 0 aliphatic heterocycles. The van der Waals surface area contributed by atoms with Crippen molar-refractivity contribution in [2.24, 2.45) is 5.92 Å². The molecule has 0 aromatic carbocycles. The molecular formula is C13H21N3OS. The molecule has 0 amide bonds. The topological polar surface area (TPSA) is 47.0 Å². The highest BCUT2D eigenvalue weighted by Crippen LogP contribution is 2.36. The molecule has 2 rings (SSSR count). The van der Waals surface area contributed by atoms with Crippen LogP contribution in [0.3, 0.4) is 0 Å². The van der Waals surface area contributed by atoms with Crippen LogP contribution in [0.25, 0.3) is 0 Å². The molecule has 1 saturated carbocycles. The maximum atomic E-state index is 5.44. The van der Waals surface area contributed by atoms with Gasteiger partial charge in [0.2, 0.25) is 0 Å². The van der Waals surface area contributed by atoms with Crippen LogP contribution in [-0.2, 0) is 0 Å². The van der Waals surface area contributed by atoms with Gasteiger partial charge in [-0.2, -0.15) is 0 Å². The van der Waals surface area contributed by atoms with E-state index >= 15 is 0 Å². The van der Waals surface area contributed by atoms with Crippen molar-refractivity contribution in [3.05, 3.63) is 6.33 Å². The smallest absolute Gasteiger partial charge is 0.193 e. The molecular weight excluding hydrogens is 246 g/mol. The normalized spacial score (nSPS) is 15.9. The summed E-state index contributed by atoms with van der Waals surface area (Å²) in [5.41, 5.74) is 0. The highest BCUT2D eigenvalue weighted by molar-refractivity contribution is 7.99. The Morgan fingerprint density at radius 1 is 1.39 bits per heavy atom. The van der Waals surface area contributed by atoms with E-state index in [2.05, 4.69) is 15.3 Å². The maximum absolute atomic E-state index is 5.44. The van der Waals surface area contributed by atoms with Crippen molar-refractivity contribution >= 4 is 17.6 Å². The molecule has 4 nitrogen and oxygen atoms in total. The van der Waals surface area contributed by atoms with Gasteiger partial charge in [0, 0.05) is 12.3 Å². The lowest BCUT2D eigenvalue weighted by Gasteiger charge is -2.13. The number of methoxy groups -OCH3 is 1. The molecule has 1 N–H and O–H groups in total. The Bertz CT molecular complexity index is 380. The number of rotatable bonds is 6. The number of nitrogens with zero attached hydrogens (tertiary/aromatic N) is 2. The van der Waals surface area contributed by atoms with Gasteiger partial charge in [-0.05, 0) is 25.7 Å². The summed E-state index contributed by atoms with van der Waals surface area (Å²) >= 11 is 1.79. The van der Waals surface area contributed by atoms with Crippen molar-refractivity contribution in [3.8, 4) is 5.75 Å². The van der Waals surface area contributed by atoms with E-state index in [9.17, 15) is 0 Å². The second-order valence-corrected chi connectivity index (χ2v) is 5.56. The second kappa shape index (κ2) is 6.83. The summed E-state index contributed by atoms with van der Waals surface area (Å²) in [7, 11) is 1.68. The number of hydrogen-bond donors (Lipinski definition) is 1. The van der Waals surface area contributed by atoms with Crippen molar-refractivity contribution in [1.82, 2.24) is 9.97 Å². The van der Waals surface area contributed by atoms with Crippen molar-refractivity contribution in [2.75, 3.05) is 24.7 Å². The van der Waals surface area contributed by atoms with E-state index in [0.29, 0.717) is 0 Å². The fourth-order valence-electron chi connectivity index (χ4n) is 2.31. The fraction of sp³-hybridized carbons (Fsp3) is 0.692. The van der Waals surface area contributed by atoms with Gasteiger partial charge in [0.15, 0.2) is 11.6 Å². The van der Waals surface area contributed by atoms with E-state index in [4.69, 9.17) is 4.74 Å². The van der Waals surface area contributed by atoms with E-state index < -0.39 is 0 Å². The van der Waals surface area contributed by atoms with Gasteiger partial charge in [0.25, 0.3) is 0 Å². The first-order valence-corrected chi connectivity index (χ1v) is 7.59. The third kappa shape index (κ3) is 3.28. The molecule has 18 heavy (non-hydrogen) atoms. The molecule has 1 heterocycles. The number of ether oxygens (including phenoxy) is 1. The van der Waals surface area contributed by atoms with Gasteiger partial charge in [-0.3, -0.25) is 0 Å². The molecule has 0 radical (unpaired) electrons. The third-order valence-electron chi connectivity index (χ3n) is 3.25. The molecule has 1 aliphatic carbocycles. The van der Waals surface area contributed by atoms with E-state index in [0.717, 1.165) is 34.8 Å². The lowest BCUT2D eigenvalue weighted by Crippen LogP contribution is -2.05. The Hall–Kier alpha value is -0.970. The number of anilines is 1. The zero-order chi connectivity index (χ0) is 12.8. The molecule has 1 aromatic rings. The van der Waals surface area contributed by atoms with Crippen LogP contribution in [0.15, 0.2) is 11.4 Å². The summed E-state index contributed by atoms with van der Waals surface area (Å²) in [4.78, 5) is 8.56. The average Bonchev–Trinajstić information content (AvgIpc) is 2.90. The monoisotopic (exact) mass is 267 g/mol. The van der Waals surface area contributed by atoms with E-state index in [1.807, 2.05) is 6.92 Å². The summed E-state index contributed by atoms with van der Waals surface area (Å²) in [5, 5.41) is 4.16. The molecule has 5 heteroatoms. The van der Waals surface area contributed by atoms with E-state index in [1.165, 1.54) is 25.7 Å². The minimum absolute atomic E-state index is 0.780. The van der Waals surface area contributed by atoms with E-state index in [1.54, 1.807) is 25.2 Å². The van der Waals surface area contributed by atoms with Crippen LogP contribution in [0.5, 0.6) is 5.75 Å². The van der Waals surface area contributed by atoms with Crippen LogP contribution in [0.4, 0.5) is 5.82 Å². The molecule has 0 bridgehead atoms. The summed E-state index contributed by atoms with van der Waals surface area (Å²) in [5.74, 6) is 3.56. The lowest BCUT2D eigenvalue weighted by molar-refractivity contribution is 0.400. The van der Waals surface area contributed by atoms with Crippen molar-refractivity contribution in [3.63, 3.8) is 0 Å². The third-order valence-corrected chi connectivity index (χ3v) is 4.45. The first kappa shape index (κ1) is 13.5. The Labute approximate surface area is 113 Å². The molecule has 0 unspecified atom stereocenters. The van der Waals surface area contributed by atoms with Crippen molar-refractivity contribution in [1.29, 1.82) is 0 Å². The second-order valence-electron chi connectivity index (χ2n) is 4.55. The summed E-state index contributed by atoms with van der Waals surface area (Å²) in [6.45, 7) is 2.88. The summed E-state index contributed by atoms with van der Waals surface area (Å²) < 4.78 is 5.44. The van der Waals surface area contributed by atoms with Crippen molar-refractivity contribution < 1.29 is 4.74 Å². The number of aromatic nitrogens is 2. The van der Waals surface area contributed by atoms with Gasteiger partial charge in [0.05, 0.1) is 7.11 Å². The van der Waals surface area contributed by atoms with Gasteiger partial charge in [-0.25, -0.2) is 9.97 Å². The zero-order valence-corrected chi connectivity index (χ0v) is 11.9. The van der Waals surface area contributed by atoms with Gasteiger partial charge in [-0.1, -0.05) is 12.8 Å². The number of thioether (sulfide) groups is 1. The Balaban J connectivity index is 2.03. The maximum Gasteiger partial charge on any atom is 0.193 e. The average molecular weight is 267 g/mol. The summed E-state index contributed by atoms with van der Waals surface area (Å²) in [6.07, 6.45) is 7.10. The molecule has 0 saturated heterocycles. The van der Waals surface area contributed by atoms with Gasteiger partial charge < -0.3 is 10.1 Å². The first-order chi connectivity index (χ1) is 8.85. The molecule has 1 aromatic heterocycles. The molecule has 0 spiro atoms. The predicted octanol–water partition coefficient (Wildman–Crippen LogP) is 3.20. The highest BCUT2D eigenvalue weighted by Gasteiger charge is 2.18. The Kier molecular flexibility index (Phi) is 5.11. The molecule has 1 aliphatic rings. The molecule has 0 atom stereocenters. The SMILES string of the molecule is CCNc1ncnc(SCC2CCCC2)c1OC. The lowest BCUT2D eigenvalue weighted by atomic mass is 10.1. The first-order valence-electron chi connectivity index (χ1n) is 6.60. The van der Waals surface area contributed by atoms with Crippen LogP contribution < -0.4 is 10.1 Å². The Morgan fingerprint density at radius 2 is 2.17 bits per heavy atom. The number of hydrogen-bond acceptors (Lipinski definition) is 5. The van der Waals surface area contributed by atoms with Crippen LogP contribution in [-0.4, -0.2) is 29.4 Å². The minimum atomic E-state index is 0.780. The molecule has 100 valence electrons. The van der Waals surface area contributed by atoms with Crippen LogP contribution >= 0.6 is 11.8 Å². The van der Waals surface area contributed by atoms with E-state index in [-0.39, 0.29) is 0 Å². The molecule has 1 fully saturated rings. The standard InChI is InChI=1S/C13H21N3OS/c1-3-14-12-11(17-2)13(16-9-15-12)18-8-10-6-4-5-7-10/h9-10H,3-8H2,1-2H3,(H,14,15,16). The number of nitrogens with one attached hydrogen (secondary N) is 1. The zero-order valence-electron chi connectivity index (χ0n) is 11.1. The van der Waals surface area contributed by atoms with Gasteiger partial charge in [0.1, 0.15) is 11.4 Å². The fourth-order valence-corrected chi connectivity index (χ4v) is 3.47. The summed E-state index contributed by atoms with van der Waals surface area (Å²) in [6, 6.07) is 0. The predicted molar refractivity (Wildman–Crippen MR) is 75.4 cm³/mol. The van der Waals surface area contributed by atoms with Gasteiger partial charge >= 0.3 is 0 Å². The Morgan fingerprint density at radius 3 is 2.83 bits per heavy atom. The minimum Gasteiger partial charge on any atom is -0.490 e. The van der Waals surface area contributed by atoms with Crippen molar-refractivity contribution in [2.45, 2.75) is 37.6 Å². The quantitative estimate of drug-likeness (QED) is 0.633. The largest absolute Gasteiger partial charge is 0.490 e. The highest BCUT2D eigenvalue weighted by atomic mass is 32.2. The van der Waals surface area contributed by atoms with Crippen LogP contribution in [0.1, 0.15) is 32.6 Å². The van der Waals surface area contributed by atoms with Crippen LogP contribution in [0, 0.1) is 5.92 Å². The van der Waals surface area contributed by atoms with Crippen LogP contribution in [0.2, 0.25) is 0 Å².